The van der Waals surface area contributed by atoms with Gasteiger partial charge in [-0.1, -0.05) is 17.7 Å². The molecule has 0 aromatic heterocycles. The van der Waals surface area contributed by atoms with Crippen molar-refractivity contribution in [1.82, 2.24) is 0 Å². The Labute approximate surface area is 166 Å². The Morgan fingerprint density at radius 2 is 1.96 bits per heavy atom. The molecule has 2 aromatic rings. The minimum absolute atomic E-state index is 0.0715. The van der Waals surface area contributed by atoms with Gasteiger partial charge in [0, 0.05) is 0 Å². The van der Waals surface area contributed by atoms with E-state index in [0.29, 0.717) is 39.1 Å². The molecule has 3 rings (SSSR count). The number of hydrazone groups is 1. The zero-order valence-electron chi connectivity index (χ0n) is 15.4. The number of hydrogen-bond donors (Lipinski definition) is 1. The van der Waals surface area contributed by atoms with Crippen LogP contribution < -0.4 is 14.5 Å². The molecule has 0 aliphatic carbocycles. The summed E-state index contributed by atoms with van der Waals surface area (Å²) in [5.41, 5.74) is 1.95. The monoisotopic (exact) mass is 400 g/mol. The Hall–Kier alpha value is -3.32. The van der Waals surface area contributed by atoms with E-state index >= 15 is 0 Å². The van der Waals surface area contributed by atoms with E-state index in [-0.39, 0.29) is 11.5 Å². The number of nitrogens with zero attached hydrogens (tertiary/aromatic N) is 2. The average Bonchev–Trinajstić information content (AvgIpc) is 2.95. The van der Waals surface area contributed by atoms with Crippen molar-refractivity contribution in [2.75, 3.05) is 19.2 Å². The van der Waals surface area contributed by atoms with E-state index in [1.807, 2.05) is 0 Å². The van der Waals surface area contributed by atoms with E-state index in [0.717, 1.165) is 0 Å². The van der Waals surface area contributed by atoms with Crippen molar-refractivity contribution in [2.45, 2.75) is 6.92 Å². The SMILES string of the molecule is COc1cc(C=C2C(=O)N(c3cccc(C(=O)O)c3)N=C2C)cc(Cl)c1OC. The summed E-state index contributed by atoms with van der Waals surface area (Å²) in [4.78, 5) is 24.0. The highest BCUT2D eigenvalue weighted by atomic mass is 35.5. The maximum atomic E-state index is 12.9. The molecule has 0 saturated heterocycles. The Bertz CT molecular complexity index is 1030. The molecule has 0 spiro atoms. The second-order valence-electron chi connectivity index (χ2n) is 5.95. The highest BCUT2D eigenvalue weighted by Gasteiger charge is 2.29. The lowest BCUT2D eigenvalue weighted by atomic mass is 10.1. The summed E-state index contributed by atoms with van der Waals surface area (Å²) in [6, 6.07) is 9.39. The second kappa shape index (κ2) is 7.74. The molecule has 28 heavy (non-hydrogen) atoms. The van der Waals surface area contributed by atoms with Crippen LogP contribution in [0.5, 0.6) is 11.5 Å². The molecule has 2 aromatic carbocycles. The fraction of sp³-hybridized carbons (Fsp3) is 0.150. The summed E-state index contributed by atoms with van der Waals surface area (Å²) < 4.78 is 10.5. The third-order valence-corrected chi connectivity index (χ3v) is 4.45. The second-order valence-corrected chi connectivity index (χ2v) is 6.36. The van der Waals surface area contributed by atoms with Crippen LogP contribution in [0, 0.1) is 0 Å². The van der Waals surface area contributed by atoms with Crippen molar-refractivity contribution in [3.63, 3.8) is 0 Å². The van der Waals surface area contributed by atoms with Crippen LogP contribution in [-0.2, 0) is 4.79 Å². The van der Waals surface area contributed by atoms with Crippen molar-refractivity contribution in [3.05, 3.63) is 58.1 Å². The molecule has 144 valence electrons. The standard InChI is InChI=1S/C20H17ClN2O5/c1-11-15(7-12-8-16(21)18(28-3)17(9-12)27-2)19(24)23(22-11)14-6-4-5-13(10-14)20(25)26/h4-10H,1-3H3,(H,25,26). The maximum Gasteiger partial charge on any atom is 0.335 e. The van der Waals surface area contributed by atoms with E-state index in [1.54, 1.807) is 37.3 Å². The molecule has 0 atom stereocenters. The number of rotatable bonds is 5. The van der Waals surface area contributed by atoms with Crippen LogP contribution in [0.25, 0.3) is 6.08 Å². The van der Waals surface area contributed by atoms with Gasteiger partial charge in [-0.15, -0.1) is 0 Å². The van der Waals surface area contributed by atoms with Crippen LogP contribution in [0.2, 0.25) is 5.02 Å². The molecule has 1 N–H and O–H groups in total. The lowest BCUT2D eigenvalue weighted by Gasteiger charge is -2.12. The number of aromatic carboxylic acids is 1. The van der Waals surface area contributed by atoms with Gasteiger partial charge in [0.1, 0.15) is 0 Å². The fourth-order valence-electron chi connectivity index (χ4n) is 2.82. The number of carbonyl (C=O) groups excluding carboxylic acids is 1. The number of carboxylic acid groups (broad SMARTS) is 1. The molecule has 0 bridgehead atoms. The van der Waals surface area contributed by atoms with Crippen LogP contribution >= 0.6 is 11.6 Å². The molecule has 7 nitrogen and oxygen atoms in total. The van der Waals surface area contributed by atoms with E-state index < -0.39 is 5.97 Å². The Kier molecular flexibility index (Phi) is 5.37. The highest BCUT2D eigenvalue weighted by molar-refractivity contribution is 6.33. The molecular formula is C20H17ClN2O5. The largest absolute Gasteiger partial charge is 0.493 e. The van der Waals surface area contributed by atoms with E-state index in [4.69, 9.17) is 26.2 Å². The molecule has 0 fully saturated rings. The zero-order chi connectivity index (χ0) is 20.4. The smallest absolute Gasteiger partial charge is 0.335 e. The predicted molar refractivity (Wildman–Crippen MR) is 107 cm³/mol. The van der Waals surface area contributed by atoms with Crippen molar-refractivity contribution in [3.8, 4) is 11.5 Å². The van der Waals surface area contributed by atoms with Crippen molar-refractivity contribution in [2.24, 2.45) is 5.10 Å². The van der Waals surface area contributed by atoms with Crippen molar-refractivity contribution >= 4 is 41.0 Å². The summed E-state index contributed by atoms with van der Waals surface area (Å²) in [6.45, 7) is 1.70. The summed E-state index contributed by atoms with van der Waals surface area (Å²) >= 11 is 6.23. The van der Waals surface area contributed by atoms with E-state index in [1.165, 1.54) is 31.4 Å². The molecular weight excluding hydrogens is 384 g/mol. The van der Waals surface area contributed by atoms with Crippen LogP contribution in [0.1, 0.15) is 22.8 Å². The van der Waals surface area contributed by atoms with Crippen LogP contribution in [0.4, 0.5) is 5.69 Å². The van der Waals surface area contributed by atoms with Gasteiger partial charge in [-0.05, 0) is 48.9 Å². The van der Waals surface area contributed by atoms with Gasteiger partial charge >= 0.3 is 5.97 Å². The van der Waals surface area contributed by atoms with Crippen LogP contribution in [0.3, 0.4) is 0 Å². The minimum Gasteiger partial charge on any atom is -0.493 e. The van der Waals surface area contributed by atoms with Gasteiger partial charge in [-0.25, -0.2) is 4.79 Å². The van der Waals surface area contributed by atoms with Gasteiger partial charge in [-0.2, -0.15) is 10.1 Å². The lowest BCUT2D eigenvalue weighted by Crippen LogP contribution is -2.21. The van der Waals surface area contributed by atoms with Crippen LogP contribution in [-0.4, -0.2) is 36.9 Å². The van der Waals surface area contributed by atoms with Gasteiger partial charge in [0.05, 0.1) is 41.8 Å². The Morgan fingerprint density at radius 1 is 1.21 bits per heavy atom. The Morgan fingerprint density at radius 3 is 2.61 bits per heavy atom. The molecule has 0 unspecified atom stereocenters. The number of carboxylic acids is 1. The van der Waals surface area contributed by atoms with Crippen molar-refractivity contribution < 1.29 is 24.2 Å². The summed E-state index contributed by atoms with van der Waals surface area (Å²) in [5.74, 6) is -0.606. The number of amides is 1. The number of benzene rings is 2. The summed E-state index contributed by atoms with van der Waals surface area (Å²) in [5, 5.41) is 14.9. The summed E-state index contributed by atoms with van der Waals surface area (Å²) in [7, 11) is 2.98. The van der Waals surface area contributed by atoms with Crippen molar-refractivity contribution in [1.29, 1.82) is 0 Å². The molecule has 1 aliphatic heterocycles. The Balaban J connectivity index is 1.98. The first-order valence-electron chi connectivity index (χ1n) is 8.22. The molecule has 1 heterocycles. The number of anilines is 1. The number of ether oxygens (including phenoxy) is 2. The molecule has 0 saturated carbocycles. The highest BCUT2D eigenvalue weighted by Crippen LogP contribution is 2.37. The van der Waals surface area contributed by atoms with Crippen LogP contribution in [0.15, 0.2) is 47.1 Å². The first-order valence-corrected chi connectivity index (χ1v) is 8.60. The van der Waals surface area contributed by atoms with Gasteiger partial charge in [-0.3, -0.25) is 4.79 Å². The van der Waals surface area contributed by atoms with Gasteiger partial charge < -0.3 is 14.6 Å². The molecule has 8 heteroatoms. The average molecular weight is 401 g/mol. The molecule has 1 aliphatic rings. The zero-order valence-corrected chi connectivity index (χ0v) is 16.1. The lowest BCUT2D eigenvalue weighted by molar-refractivity contribution is -0.114. The van der Waals surface area contributed by atoms with Gasteiger partial charge in [0.15, 0.2) is 11.5 Å². The first-order chi connectivity index (χ1) is 13.3. The number of carbonyl (C=O) groups is 2. The normalized spacial score (nSPS) is 15.0. The number of methoxy groups -OCH3 is 2. The first kappa shape index (κ1) is 19.4. The maximum absolute atomic E-state index is 12.9. The molecule has 1 amide bonds. The van der Waals surface area contributed by atoms with Gasteiger partial charge in [0.25, 0.3) is 5.91 Å². The quantitative estimate of drug-likeness (QED) is 0.770. The van der Waals surface area contributed by atoms with E-state index in [2.05, 4.69) is 5.10 Å². The van der Waals surface area contributed by atoms with E-state index in [9.17, 15) is 9.59 Å². The third kappa shape index (κ3) is 3.57. The topological polar surface area (TPSA) is 88.4 Å². The fourth-order valence-corrected chi connectivity index (χ4v) is 3.11. The molecule has 0 radical (unpaired) electrons. The predicted octanol–water partition coefficient (Wildman–Crippen LogP) is 3.86. The third-order valence-electron chi connectivity index (χ3n) is 4.17. The number of hydrogen-bond acceptors (Lipinski definition) is 5. The number of halogens is 1. The summed E-state index contributed by atoms with van der Waals surface area (Å²) in [6.07, 6.45) is 1.65. The minimum atomic E-state index is -1.08. The van der Waals surface area contributed by atoms with Gasteiger partial charge in [0.2, 0.25) is 0 Å².